The van der Waals surface area contributed by atoms with Crippen LogP contribution in [0.25, 0.3) is 5.65 Å². The number of aromatic nitrogens is 3. The van der Waals surface area contributed by atoms with Crippen LogP contribution in [0, 0.1) is 0 Å². The van der Waals surface area contributed by atoms with Gasteiger partial charge in [0, 0.05) is 17.8 Å². The van der Waals surface area contributed by atoms with Crippen LogP contribution in [0.2, 0.25) is 0 Å². The Labute approximate surface area is 91.7 Å². The van der Waals surface area contributed by atoms with E-state index in [9.17, 15) is 4.79 Å². The van der Waals surface area contributed by atoms with E-state index in [1.54, 1.807) is 10.7 Å². The normalized spacial score (nSPS) is 10.8. The molecule has 0 saturated carbocycles. The number of nitrogens with zero attached hydrogens (tertiary/aromatic N) is 3. The summed E-state index contributed by atoms with van der Waals surface area (Å²) in [6.07, 6.45) is 2.28. The number of rotatable bonds is 3. The third-order valence-electron chi connectivity index (χ3n) is 2.31. The molecule has 2 rings (SSSR count). The van der Waals surface area contributed by atoms with Crippen LogP contribution in [0.3, 0.4) is 0 Å². The van der Waals surface area contributed by atoms with Gasteiger partial charge >= 0.3 is 5.97 Å². The Morgan fingerprint density at radius 1 is 1.62 bits per heavy atom. The molecule has 2 heterocycles. The lowest BCUT2D eigenvalue weighted by atomic mass is 10.2. The summed E-state index contributed by atoms with van der Waals surface area (Å²) in [6.45, 7) is 1.99. The van der Waals surface area contributed by atoms with Crippen LogP contribution in [-0.4, -0.2) is 25.7 Å². The van der Waals surface area contributed by atoms with Crippen molar-refractivity contribution in [3.63, 3.8) is 0 Å². The van der Waals surface area contributed by atoms with Gasteiger partial charge in [0.2, 0.25) is 0 Å². The minimum Gasteiger partial charge on any atom is -0.481 e. The molecule has 0 aliphatic carbocycles. The quantitative estimate of drug-likeness (QED) is 0.785. The van der Waals surface area contributed by atoms with Crippen molar-refractivity contribution in [2.24, 2.45) is 0 Å². The number of carboxylic acid groups (broad SMARTS) is 1. The summed E-state index contributed by atoms with van der Waals surface area (Å²) in [5.41, 5.74) is 7.69. The van der Waals surface area contributed by atoms with Gasteiger partial charge in [0.25, 0.3) is 0 Å². The molecule has 0 fully saturated rings. The molecule has 0 bridgehead atoms. The van der Waals surface area contributed by atoms with Crippen molar-refractivity contribution in [3.8, 4) is 0 Å². The Kier molecular flexibility index (Phi) is 2.47. The molecule has 0 atom stereocenters. The zero-order chi connectivity index (χ0) is 11.7. The summed E-state index contributed by atoms with van der Waals surface area (Å²) in [5, 5.41) is 12.9. The molecule has 0 aliphatic heterocycles. The van der Waals surface area contributed by atoms with Gasteiger partial charge in [-0.25, -0.2) is 9.50 Å². The first-order chi connectivity index (χ1) is 7.60. The molecule has 6 heteroatoms. The number of aryl methyl sites for hydroxylation is 1. The molecule has 2 aromatic heterocycles. The first kappa shape index (κ1) is 10.4. The molecule has 0 aromatic carbocycles. The summed E-state index contributed by atoms with van der Waals surface area (Å²) in [4.78, 5) is 14.7. The Morgan fingerprint density at radius 2 is 2.38 bits per heavy atom. The molecule has 0 aliphatic rings. The molecule has 0 unspecified atom stereocenters. The molecule has 16 heavy (non-hydrogen) atoms. The highest BCUT2D eigenvalue weighted by Gasteiger charge is 2.09. The van der Waals surface area contributed by atoms with Crippen LogP contribution < -0.4 is 5.73 Å². The topological polar surface area (TPSA) is 93.5 Å². The first-order valence-corrected chi connectivity index (χ1v) is 4.95. The first-order valence-electron chi connectivity index (χ1n) is 4.95. The fraction of sp³-hybridized carbons (Fsp3) is 0.300. The second-order valence-corrected chi connectivity index (χ2v) is 3.51. The van der Waals surface area contributed by atoms with Crippen molar-refractivity contribution in [2.45, 2.75) is 19.8 Å². The standard InChI is InChI=1S/C10H12N4O2/c1-2-7-4-8-12-10(11)6(3-9(15)16)5-14(8)13-7/h4-5H,2-3H2,1H3,(H2,11,12)(H,15,16). The fourth-order valence-corrected chi connectivity index (χ4v) is 1.49. The highest BCUT2D eigenvalue weighted by molar-refractivity contribution is 5.72. The van der Waals surface area contributed by atoms with E-state index >= 15 is 0 Å². The second kappa shape index (κ2) is 3.80. The number of nitrogens with two attached hydrogens (primary N) is 1. The highest BCUT2D eigenvalue weighted by Crippen LogP contribution is 2.13. The average Bonchev–Trinajstić information content (AvgIpc) is 2.59. The maximum absolute atomic E-state index is 10.6. The van der Waals surface area contributed by atoms with Crippen LogP contribution in [0.5, 0.6) is 0 Å². The lowest BCUT2D eigenvalue weighted by molar-refractivity contribution is -0.136. The smallest absolute Gasteiger partial charge is 0.308 e. The Balaban J connectivity index is 2.51. The predicted octanol–water partition coefficient (Wildman–Crippen LogP) is 0.501. The number of hydrogen-bond donors (Lipinski definition) is 2. The number of aliphatic carboxylic acids is 1. The monoisotopic (exact) mass is 220 g/mol. The van der Waals surface area contributed by atoms with Crippen molar-refractivity contribution >= 4 is 17.4 Å². The summed E-state index contributed by atoms with van der Waals surface area (Å²) >= 11 is 0. The van der Waals surface area contributed by atoms with E-state index in [2.05, 4.69) is 10.1 Å². The predicted molar refractivity (Wildman–Crippen MR) is 58.1 cm³/mol. The number of hydrogen-bond acceptors (Lipinski definition) is 4. The van der Waals surface area contributed by atoms with Gasteiger partial charge in [-0.15, -0.1) is 0 Å². The van der Waals surface area contributed by atoms with Crippen LogP contribution in [0.15, 0.2) is 12.3 Å². The van der Waals surface area contributed by atoms with Crippen LogP contribution in [-0.2, 0) is 17.6 Å². The van der Waals surface area contributed by atoms with E-state index in [-0.39, 0.29) is 12.2 Å². The zero-order valence-corrected chi connectivity index (χ0v) is 8.84. The van der Waals surface area contributed by atoms with Crippen molar-refractivity contribution < 1.29 is 9.90 Å². The summed E-state index contributed by atoms with van der Waals surface area (Å²) < 4.78 is 1.56. The van der Waals surface area contributed by atoms with Crippen molar-refractivity contribution in [1.82, 2.24) is 14.6 Å². The summed E-state index contributed by atoms with van der Waals surface area (Å²) in [6, 6.07) is 1.83. The molecule has 0 spiro atoms. The molecule has 0 saturated heterocycles. The van der Waals surface area contributed by atoms with Crippen molar-refractivity contribution in [1.29, 1.82) is 0 Å². The zero-order valence-electron chi connectivity index (χ0n) is 8.84. The number of carboxylic acids is 1. The van der Waals surface area contributed by atoms with Gasteiger partial charge in [-0.3, -0.25) is 4.79 Å². The number of fused-ring (bicyclic) bond motifs is 1. The second-order valence-electron chi connectivity index (χ2n) is 3.51. The van der Waals surface area contributed by atoms with Gasteiger partial charge in [-0.2, -0.15) is 5.10 Å². The molecule has 6 nitrogen and oxygen atoms in total. The minimum atomic E-state index is -0.935. The van der Waals surface area contributed by atoms with E-state index in [4.69, 9.17) is 10.8 Å². The van der Waals surface area contributed by atoms with Crippen molar-refractivity contribution in [3.05, 3.63) is 23.5 Å². The Hall–Kier alpha value is -2.11. The molecule has 84 valence electrons. The van der Waals surface area contributed by atoms with Crippen LogP contribution in [0.4, 0.5) is 5.82 Å². The average molecular weight is 220 g/mol. The van der Waals surface area contributed by atoms with Gasteiger partial charge in [0.1, 0.15) is 5.82 Å². The molecule has 3 N–H and O–H groups in total. The van der Waals surface area contributed by atoms with Gasteiger partial charge < -0.3 is 10.8 Å². The minimum absolute atomic E-state index is 0.143. The molecule has 0 radical (unpaired) electrons. The lowest BCUT2D eigenvalue weighted by Gasteiger charge is -2.02. The van der Waals surface area contributed by atoms with E-state index in [0.29, 0.717) is 11.2 Å². The maximum Gasteiger partial charge on any atom is 0.308 e. The summed E-state index contributed by atoms with van der Waals surface area (Å²) in [7, 11) is 0. The van der Waals surface area contributed by atoms with E-state index < -0.39 is 5.97 Å². The van der Waals surface area contributed by atoms with Crippen molar-refractivity contribution in [2.75, 3.05) is 5.73 Å². The Morgan fingerprint density at radius 3 is 3.00 bits per heavy atom. The van der Waals surface area contributed by atoms with Gasteiger partial charge in [-0.05, 0) is 6.42 Å². The number of nitrogen functional groups attached to an aromatic ring is 1. The maximum atomic E-state index is 10.6. The van der Waals surface area contributed by atoms with Gasteiger partial charge in [0.05, 0.1) is 12.1 Å². The van der Waals surface area contributed by atoms with Gasteiger partial charge in [0.15, 0.2) is 5.65 Å². The molecule has 2 aromatic rings. The van der Waals surface area contributed by atoms with E-state index in [1.165, 1.54) is 0 Å². The van der Waals surface area contributed by atoms with E-state index in [0.717, 1.165) is 12.1 Å². The Bertz CT molecular complexity index is 547. The fourth-order valence-electron chi connectivity index (χ4n) is 1.49. The third kappa shape index (κ3) is 1.81. The summed E-state index contributed by atoms with van der Waals surface area (Å²) in [5.74, 6) is -0.687. The van der Waals surface area contributed by atoms with Crippen LogP contribution >= 0.6 is 0 Å². The molecular formula is C10H12N4O2. The SMILES string of the molecule is CCc1cc2nc(N)c(CC(=O)O)cn2n1. The highest BCUT2D eigenvalue weighted by atomic mass is 16.4. The largest absolute Gasteiger partial charge is 0.481 e. The van der Waals surface area contributed by atoms with E-state index in [1.807, 2.05) is 13.0 Å². The molecular weight excluding hydrogens is 208 g/mol. The van der Waals surface area contributed by atoms with Gasteiger partial charge in [-0.1, -0.05) is 6.92 Å². The number of anilines is 1. The number of carbonyl (C=O) groups is 1. The molecule has 0 amide bonds. The lowest BCUT2D eigenvalue weighted by Crippen LogP contribution is -2.07. The van der Waals surface area contributed by atoms with Crippen LogP contribution in [0.1, 0.15) is 18.2 Å². The third-order valence-corrected chi connectivity index (χ3v) is 2.31.